The van der Waals surface area contributed by atoms with Crippen LogP contribution in [0.4, 0.5) is 0 Å². The van der Waals surface area contributed by atoms with E-state index in [1.54, 1.807) is 0 Å². The Morgan fingerprint density at radius 1 is 1.56 bits per heavy atom. The smallest absolute Gasteiger partial charge is 0.302 e. The minimum absolute atomic E-state index is 0. The molecule has 0 aromatic rings. The number of hydrogen-bond donors (Lipinski definition) is 0. The summed E-state index contributed by atoms with van der Waals surface area (Å²) in [7, 11) is 0. The van der Waals surface area contributed by atoms with Crippen LogP contribution in [0.15, 0.2) is 0 Å². The van der Waals surface area contributed by atoms with Crippen LogP contribution in [-0.2, 0) is 9.53 Å². The predicted molar refractivity (Wildman–Crippen MR) is 35.1 cm³/mol. The molecular formula is C6H14O3. The molecule has 56 valence electrons. The first-order valence-corrected chi connectivity index (χ1v) is 2.76. The number of ether oxygens (including phenoxy) is 1. The van der Waals surface area contributed by atoms with Crippen molar-refractivity contribution in [3.05, 3.63) is 0 Å². The molecule has 3 nitrogen and oxygen atoms in total. The average molecular weight is 134 g/mol. The first-order valence-electron chi connectivity index (χ1n) is 2.76. The van der Waals surface area contributed by atoms with Crippen LogP contribution in [0.5, 0.6) is 0 Å². The molecule has 3 heteroatoms. The van der Waals surface area contributed by atoms with Crippen LogP contribution in [-0.4, -0.2) is 18.1 Å². The summed E-state index contributed by atoms with van der Waals surface area (Å²) in [5, 5.41) is 0. The van der Waals surface area contributed by atoms with Crippen LogP contribution < -0.4 is 0 Å². The van der Waals surface area contributed by atoms with Gasteiger partial charge >= 0.3 is 5.97 Å². The predicted octanol–water partition coefficient (Wildman–Crippen LogP) is 0.381. The largest absolute Gasteiger partial charge is 0.466 e. The zero-order valence-corrected chi connectivity index (χ0v) is 6.10. The quantitative estimate of drug-likeness (QED) is 0.512. The van der Waals surface area contributed by atoms with Gasteiger partial charge in [-0.2, -0.15) is 0 Å². The molecule has 0 rings (SSSR count). The molecule has 0 spiro atoms. The number of carbonyl (C=O) groups is 1. The Morgan fingerprint density at radius 2 is 2.00 bits per heavy atom. The van der Waals surface area contributed by atoms with Crippen molar-refractivity contribution in [3.63, 3.8) is 0 Å². The lowest BCUT2D eigenvalue weighted by Crippen LogP contribution is -2.05. The standard InChI is InChI=1S/C6H12O2.H2O/c1-5(2)4-8-6(3)7;/h5H,4H2,1-3H3;1H2. The van der Waals surface area contributed by atoms with Crippen molar-refractivity contribution in [2.75, 3.05) is 6.61 Å². The van der Waals surface area contributed by atoms with Gasteiger partial charge in [-0.3, -0.25) is 4.79 Å². The highest BCUT2D eigenvalue weighted by atomic mass is 16.5. The minimum Gasteiger partial charge on any atom is -0.466 e. The summed E-state index contributed by atoms with van der Waals surface area (Å²) in [5.74, 6) is 0.248. The molecule has 2 N–H and O–H groups in total. The average Bonchev–Trinajstić information content (AvgIpc) is 1.61. The van der Waals surface area contributed by atoms with Gasteiger partial charge in [0.1, 0.15) is 0 Å². The number of rotatable bonds is 2. The van der Waals surface area contributed by atoms with E-state index < -0.39 is 0 Å². The lowest BCUT2D eigenvalue weighted by molar-refractivity contribution is -0.141. The Morgan fingerprint density at radius 3 is 2.11 bits per heavy atom. The molecule has 0 aromatic carbocycles. The van der Waals surface area contributed by atoms with E-state index in [0.717, 1.165) is 0 Å². The summed E-state index contributed by atoms with van der Waals surface area (Å²) in [6.07, 6.45) is 0. The summed E-state index contributed by atoms with van der Waals surface area (Å²) in [6.45, 7) is 5.96. The van der Waals surface area contributed by atoms with Crippen LogP contribution in [0, 0.1) is 5.92 Å². The number of esters is 1. The van der Waals surface area contributed by atoms with E-state index in [1.807, 2.05) is 13.8 Å². The normalized spacial score (nSPS) is 8.44. The van der Waals surface area contributed by atoms with E-state index in [4.69, 9.17) is 0 Å². The summed E-state index contributed by atoms with van der Waals surface area (Å²) >= 11 is 0. The van der Waals surface area contributed by atoms with Crippen molar-refractivity contribution in [2.24, 2.45) is 5.92 Å². The molecule has 0 bridgehead atoms. The van der Waals surface area contributed by atoms with Gasteiger partial charge in [0.05, 0.1) is 6.61 Å². The van der Waals surface area contributed by atoms with Crippen molar-refractivity contribution in [2.45, 2.75) is 20.8 Å². The van der Waals surface area contributed by atoms with Crippen molar-refractivity contribution in [1.82, 2.24) is 0 Å². The zero-order valence-electron chi connectivity index (χ0n) is 6.10. The van der Waals surface area contributed by atoms with Crippen LogP contribution in [0.2, 0.25) is 0 Å². The van der Waals surface area contributed by atoms with Crippen molar-refractivity contribution < 1.29 is 15.0 Å². The molecule has 0 amide bonds. The third-order valence-electron chi connectivity index (χ3n) is 0.620. The van der Waals surface area contributed by atoms with E-state index in [-0.39, 0.29) is 11.4 Å². The first-order chi connectivity index (χ1) is 3.63. The van der Waals surface area contributed by atoms with E-state index in [9.17, 15) is 4.79 Å². The second-order valence-electron chi connectivity index (χ2n) is 2.20. The molecule has 0 saturated carbocycles. The Kier molecular flexibility index (Phi) is 6.96. The summed E-state index contributed by atoms with van der Waals surface area (Å²) in [6, 6.07) is 0. The summed E-state index contributed by atoms with van der Waals surface area (Å²) in [5.41, 5.74) is 0. The van der Waals surface area contributed by atoms with Crippen LogP contribution in [0.25, 0.3) is 0 Å². The molecule has 0 aliphatic carbocycles. The van der Waals surface area contributed by atoms with Crippen LogP contribution in [0.3, 0.4) is 0 Å². The molecule has 0 fully saturated rings. The number of hydrogen-bond acceptors (Lipinski definition) is 2. The van der Waals surface area contributed by atoms with Crippen LogP contribution >= 0.6 is 0 Å². The van der Waals surface area contributed by atoms with Gasteiger partial charge in [-0.1, -0.05) is 13.8 Å². The Labute approximate surface area is 55.3 Å². The molecule has 0 aliphatic rings. The molecule has 0 aliphatic heterocycles. The third kappa shape index (κ3) is 11.2. The van der Waals surface area contributed by atoms with Crippen LogP contribution in [0.1, 0.15) is 20.8 Å². The molecule has 0 heterocycles. The molecule has 0 saturated heterocycles. The van der Waals surface area contributed by atoms with Gasteiger partial charge in [-0.05, 0) is 5.92 Å². The highest BCUT2D eigenvalue weighted by molar-refractivity contribution is 5.65. The Hall–Kier alpha value is -0.570. The first kappa shape index (κ1) is 11.3. The van der Waals surface area contributed by atoms with Gasteiger partial charge in [-0.15, -0.1) is 0 Å². The van der Waals surface area contributed by atoms with Gasteiger partial charge in [0.25, 0.3) is 0 Å². The SMILES string of the molecule is CC(=O)OCC(C)C.O. The highest BCUT2D eigenvalue weighted by Crippen LogP contribution is 1.91. The monoisotopic (exact) mass is 134 g/mol. The van der Waals surface area contributed by atoms with Gasteiger partial charge in [0.2, 0.25) is 0 Å². The molecule has 9 heavy (non-hydrogen) atoms. The lowest BCUT2D eigenvalue weighted by atomic mass is 10.2. The maximum absolute atomic E-state index is 10.1. The van der Waals surface area contributed by atoms with Crippen molar-refractivity contribution in [3.8, 4) is 0 Å². The van der Waals surface area contributed by atoms with E-state index in [2.05, 4.69) is 4.74 Å². The van der Waals surface area contributed by atoms with Crippen molar-refractivity contribution in [1.29, 1.82) is 0 Å². The maximum atomic E-state index is 10.1. The number of carbonyl (C=O) groups excluding carboxylic acids is 1. The van der Waals surface area contributed by atoms with Crippen molar-refractivity contribution >= 4 is 5.97 Å². The fraction of sp³-hybridized carbons (Fsp3) is 0.833. The van der Waals surface area contributed by atoms with Gasteiger partial charge in [-0.25, -0.2) is 0 Å². The summed E-state index contributed by atoms with van der Waals surface area (Å²) < 4.78 is 4.66. The van der Waals surface area contributed by atoms with Gasteiger partial charge in [0.15, 0.2) is 0 Å². The van der Waals surface area contributed by atoms with E-state index >= 15 is 0 Å². The lowest BCUT2D eigenvalue weighted by Gasteiger charge is -2.02. The van der Waals surface area contributed by atoms with Gasteiger partial charge in [0, 0.05) is 6.92 Å². The molecule has 0 unspecified atom stereocenters. The Bertz CT molecular complexity index is 78.4. The molecule has 0 atom stereocenters. The summed E-state index contributed by atoms with van der Waals surface area (Å²) in [4.78, 5) is 10.1. The third-order valence-corrected chi connectivity index (χ3v) is 0.620. The second kappa shape index (κ2) is 5.56. The molecule has 0 radical (unpaired) electrons. The fourth-order valence-corrected chi connectivity index (χ4v) is 0.284. The maximum Gasteiger partial charge on any atom is 0.302 e. The second-order valence-corrected chi connectivity index (χ2v) is 2.20. The molecule has 0 aromatic heterocycles. The van der Waals surface area contributed by atoms with E-state index in [0.29, 0.717) is 12.5 Å². The zero-order chi connectivity index (χ0) is 6.57. The Balaban J connectivity index is 0. The topological polar surface area (TPSA) is 57.8 Å². The fourth-order valence-electron chi connectivity index (χ4n) is 0.284. The van der Waals surface area contributed by atoms with Gasteiger partial charge < -0.3 is 10.2 Å². The minimum atomic E-state index is -0.196. The van der Waals surface area contributed by atoms with E-state index in [1.165, 1.54) is 6.92 Å². The highest BCUT2D eigenvalue weighted by Gasteiger charge is 1.94. The molecular weight excluding hydrogens is 120 g/mol.